The molecule has 0 aliphatic rings. The first kappa shape index (κ1) is 23.8. The van der Waals surface area contributed by atoms with E-state index in [4.69, 9.17) is 28.4 Å². The minimum atomic E-state index is 0.404. The Morgan fingerprint density at radius 2 is 0.846 bits per heavy atom. The average molecular weight is 370 g/mol. The van der Waals surface area contributed by atoms with Gasteiger partial charge in [-0.15, -0.1) is 0 Å². The van der Waals surface area contributed by atoms with Crippen LogP contribution in [0.2, 0.25) is 0 Å². The van der Waals surface area contributed by atoms with Crippen LogP contribution in [0.4, 0.5) is 0 Å². The number of rotatable bonds is 21. The predicted octanol–water partition coefficient (Wildman–Crippen LogP) is 4.66. The second-order valence-corrected chi connectivity index (χ2v) is 5.24. The Labute approximate surface area is 158 Å². The molecule has 26 heavy (non-hydrogen) atoms. The SMILES string of the molecule is C=COCCCCOC=C(OCCCCOC=C)OCCCCOC=C. The summed E-state index contributed by atoms with van der Waals surface area (Å²) in [6.07, 6.45) is 11.2. The summed E-state index contributed by atoms with van der Waals surface area (Å²) in [5, 5.41) is 0. The van der Waals surface area contributed by atoms with Gasteiger partial charge in [0.2, 0.25) is 0 Å². The zero-order valence-electron chi connectivity index (χ0n) is 15.9. The zero-order chi connectivity index (χ0) is 19.1. The molecule has 0 radical (unpaired) electrons. The molecule has 0 aromatic heterocycles. The van der Waals surface area contributed by atoms with E-state index in [-0.39, 0.29) is 0 Å². The van der Waals surface area contributed by atoms with E-state index in [1.165, 1.54) is 25.0 Å². The van der Waals surface area contributed by atoms with Crippen LogP contribution < -0.4 is 0 Å². The Morgan fingerprint density at radius 3 is 1.23 bits per heavy atom. The summed E-state index contributed by atoms with van der Waals surface area (Å²) < 4.78 is 32.0. The van der Waals surface area contributed by atoms with Crippen molar-refractivity contribution in [1.29, 1.82) is 0 Å². The quantitative estimate of drug-likeness (QED) is 0.216. The minimum Gasteiger partial charge on any atom is -0.502 e. The maximum Gasteiger partial charge on any atom is 0.315 e. The maximum atomic E-state index is 5.64. The van der Waals surface area contributed by atoms with E-state index in [0.717, 1.165) is 38.5 Å². The summed E-state index contributed by atoms with van der Waals surface area (Å²) in [7, 11) is 0. The van der Waals surface area contributed by atoms with Gasteiger partial charge in [0.05, 0.1) is 58.4 Å². The molecule has 0 aliphatic heterocycles. The normalized spacial score (nSPS) is 9.54. The van der Waals surface area contributed by atoms with Crippen molar-refractivity contribution in [2.24, 2.45) is 0 Å². The van der Waals surface area contributed by atoms with Crippen LogP contribution in [0.1, 0.15) is 38.5 Å². The first-order valence-corrected chi connectivity index (χ1v) is 9.10. The first-order valence-electron chi connectivity index (χ1n) is 9.10. The highest BCUT2D eigenvalue weighted by molar-refractivity contribution is 4.76. The van der Waals surface area contributed by atoms with Crippen LogP contribution in [0.3, 0.4) is 0 Å². The van der Waals surface area contributed by atoms with Crippen LogP contribution in [0.15, 0.2) is 50.7 Å². The van der Waals surface area contributed by atoms with Gasteiger partial charge in [-0.05, 0) is 38.5 Å². The van der Waals surface area contributed by atoms with Crippen LogP contribution >= 0.6 is 0 Å². The first-order chi connectivity index (χ1) is 12.8. The highest BCUT2D eigenvalue weighted by Gasteiger charge is 2.02. The van der Waals surface area contributed by atoms with E-state index in [1.807, 2.05) is 0 Å². The van der Waals surface area contributed by atoms with Crippen LogP contribution in [-0.4, -0.2) is 39.6 Å². The Hall–Kier alpha value is -2.24. The second-order valence-electron chi connectivity index (χ2n) is 5.24. The van der Waals surface area contributed by atoms with Crippen molar-refractivity contribution in [3.63, 3.8) is 0 Å². The Bertz CT molecular complexity index is 345. The smallest absolute Gasteiger partial charge is 0.315 e. The lowest BCUT2D eigenvalue weighted by molar-refractivity contribution is 0.0164. The summed E-state index contributed by atoms with van der Waals surface area (Å²) in [5.41, 5.74) is 0. The molecule has 0 aromatic carbocycles. The van der Waals surface area contributed by atoms with E-state index in [2.05, 4.69) is 19.7 Å². The van der Waals surface area contributed by atoms with Crippen molar-refractivity contribution in [3.8, 4) is 0 Å². The van der Waals surface area contributed by atoms with E-state index in [1.54, 1.807) is 0 Å². The monoisotopic (exact) mass is 370 g/mol. The van der Waals surface area contributed by atoms with Gasteiger partial charge in [-0.1, -0.05) is 19.7 Å². The van der Waals surface area contributed by atoms with Gasteiger partial charge in [0.1, 0.15) is 0 Å². The molecule has 0 aromatic rings. The molecule has 6 nitrogen and oxygen atoms in total. The van der Waals surface area contributed by atoms with Gasteiger partial charge in [0, 0.05) is 0 Å². The molecule has 0 heterocycles. The fourth-order valence-electron chi connectivity index (χ4n) is 1.78. The summed E-state index contributed by atoms with van der Waals surface area (Å²) in [6, 6.07) is 0. The Balaban J connectivity index is 3.96. The van der Waals surface area contributed by atoms with Crippen LogP contribution in [0.25, 0.3) is 0 Å². The van der Waals surface area contributed by atoms with Crippen molar-refractivity contribution in [2.45, 2.75) is 38.5 Å². The largest absolute Gasteiger partial charge is 0.502 e. The van der Waals surface area contributed by atoms with Gasteiger partial charge in [-0.25, -0.2) is 0 Å². The van der Waals surface area contributed by atoms with Crippen LogP contribution in [0, 0.1) is 0 Å². The molecule has 0 saturated heterocycles. The summed E-state index contributed by atoms with van der Waals surface area (Å²) in [5.74, 6) is 0.404. The van der Waals surface area contributed by atoms with Crippen molar-refractivity contribution in [2.75, 3.05) is 39.6 Å². The minimum absolute atomic E-state index is 0.404. The summed E-state index contributed by atoms with van der Waals surface area (Å²) >= 11 is 0. The molecule has 0 amide bonds. The molecule has 0 bridgehead atoms. The summed E-state index contributed by atoms with van der Waals surface area (Å²) in [4.78, 5) is 0. The Morgan fingerprint density at radius 1 is 0.500 bits per heavy atom. The molecule has 0 unspecified atom stereocenters. The average Bonchev–Trinajstić information content (AvgIpc) is 2.65. The summed E-state index contributed by atoms with van der Waals surface area (Å²) in [6.45, 7) is 14.1. The van der Waals surface area contributed by atoms with E-state index >= 15 is 0 Å². The third kappa shape index (κ3) is 18.1. The maximum absolute atomic E-state index is 5.64. The van der Waals surface area contributed by atoms with Gasteiger partial charge in [0.15, 0.2) is 6.26 Å². The number of hydrogen-bond acceptors (Lipinski definition) is 6. The molecule has 150 valence electrons. The van der Waals surface area contributed by atoms with Crippen LogP contribution in [0.5, 0.6) is 0 Å². The topological polar surface area (TPSA) is 55.4 Å². The molecule has 0 rings (SSSR count). The predicted molar refractivity (Wildman–Crippen MR) is 102 cm³/mol. The Kier molecular flexibility index (Phi) is 19.0. The number of hydrogen-bond donors (Lipinski definition) is 0. The number of ether oxygens (including phenoxy) is 6. The highest BCUT2D eigenvalue weighted by atomic mass is 16.7. The third-order valence-corrected chi connectivity index (χ3v) is 3.11. The van der Waals surface area contributed by atoms with Gasteiger partial charge in [-0.2, -0.15) is 0 Å². The molecule has 0 N–H and O–H groups in total. The molecule has 0 saturated carbocycles. The molecular weight excluding hydrogens is 336 g/mol. The van der Waals surface area contributed by atoms with E-state index in [0.29, 0.717) is 45.6 Å². The van der Waals surface area contributed by atoms with Crippen molar-refractivity contribution < 1.29 is 28.4 Å². The van der Waals surface area contributed by atoms with Gasteiger partial charge >= 0.3 is 5.95 Å². The second kappa shape index (κ2) is 20.8. The molecule has 0 atom stereocenters. The van der Waals surface area contributed by atoms with Crippen molar-refractivity contribution in [1.82, 2.24) is 0 Å². The fourth-order valence-corrected chi connectivity index (χ4v) is 1.78. The molecule has 0 spiro atoms. The number of unbranched alkanes of at least 4 members (excludes halogenated alkanes) is 3. The van der Waals surface area contributed by atoms with Gasteiger partial charge < -0.3 is 28.4 Å². The molecular formula is C20H34O6. The zero-order valence-corrected chi connectivity index (χ0v) is 15.9. The fraction of sp³-hybridized carbons (Fsp3) is 0.600. The van der Waals surface area contributed by atoms with Gasteiger partial charge in [-0.3, -0.25) is 0 Å². The van der Waals surface area contributed by atoms with Crippen molar-refractivity contribution >= 4 is 0 Å². The molecule has 0 aliphatic carbocycles. The van der Waals surface area contributed by atoms with E-state index < -0.39 is 0 Å². The highest BCUT2D eigenvalue weighted by Crippen LogP contribution is 2.06. The lowest BCUT2D eigenvalue weighted by Gasteiger charge is -2.12. The van der Waals surface area contributed by atoms with Crippen LogP contribution in [-0.2, 0) is 28.4 Å². The van der Waals surface area contributed by atoms with E-state index in [9.17, 15) is 0 Å². The standard InChI is InChI=1S/C20H34O6/c1-4-21-13-7-8-16-24-19-20(25-17-11-9-14-22-5-2)26-18-12-10-15-23-6-3/h4-6,19H,1-3,7-18H2. The molecule has 0 fully saturated rings. The lowest BCUT2D eigenvalue weighted by Crippen LogP contribution is -2.04. The van der Waals surface area contributed by atoms with Crippen molar-refractivity contribution in [3.05, 3.63) is 50.7 Å². The van der Waals surface area contributed by atoms with Gasteiger partial charge in [0.25, 0.3) is 0 Å². The third-order valence-electron chi connectivity index (χ3n) is 3.11. The lowest BCUT2D eigenvalue weighted by atomic mass is 10.3. The molecule has 6 heteroatoms.